The Labute approximate surface area is 128 Å². The van der Waals surface area contributed by atoms with Crippen molar-refractivity contribution >= 4 is 0 Å². The fourth-order valence-electron chi connectivity index (χ4n) is 2.43. The molecule has 1 aliphatic rings. The van der Waals surface area contributed by atoms with Crippen LogP contribution >= 0.6 is 0 Å². The molecule has 0 bridgehead atoms. The maximum absolute atomic E-state index is 5.78. The van der Waals surface area contributed by atoms with Crippen LogP contribution in [0.2, 0.25) is 0 Å². The predicted octanol–water partition coefficient (Wildman–Crippen LogP) is 2.29. The molecule has 0 spiro atoms. The zero-order valence-electron chi connectivity index (χ0n) is 13.1. The van der Waals surface area contributed by atoms with Crippen molar-refractivity contribution < 1.29 is 9.47 Å². The van der Waals surface area contributed by atoms with Crippen LogP contribution in [0.1, 0.15) is 25.3 Å². The number of unbranched alkanes of at least 4 members (excludes halogenated alkanes) is 1. The van der Waals surface area contributed by atoms with Gasteiger partial charge in [0.2, 0.25) is 0 Å². The monoisotopic (exact) mass is 292 g/mol. The molecule has 0 aromatic heterocycles. The summed E-state index contributed by atoms with van der Waals surface area (Å²) in [4.78, 5) is 2.44. The zero-order valence-corrected chi connectivity index (χ0v) is 13.1. The van der Waals surface area contributed by atoms with E-state index in [1.54, 1.807) is 0 Å². The number of rotatable bonds is 9. The summed E-state index contributed by atoms with van der Waals surface area (Å²) in [5.41, 5.74) is 1.29. The molecule has 0 amide bonds. The highest BCUT2D eigenvalue weighted by Crippen LogP contribution is 2.21. The number of fused-ring (bicyclic) bond motifs is 1. The Morgan fingerprint density at radius 2 is 2.14 bits per heavy atom. The summed E-state index contributed by atoms with van der Waals surface area (Å²) in [7, 11) is 0. The van der Waals surface area contributed by atoms with Crippen molar-refractivity contribution in [3.8, 4) is 5.75 Å². The molecule has 1 aromatic carbocycles. The van der Waals surface area contributed by atoms with Crippen LogP contribution < -0.4 is 10.1 Å². The Morgan fingerprint density at radius 3 is 3.05 bits per heavy atom. The van der Waals surface area contributed by atoms with Crippen molar-refractivity contribution in [2.45, 2.75) is 26.3 Å². The molecule has 1 aromatic rings. The number of nitrogens with zero attached hydrogens (tertiary/aromatic N) is 1. The van der Waals surface area contributed by atoms with E-state index in [1.165, 1.54) is 12.0 Å². The number of ether oxygens (including phenoxy) is 2. The van der Waals surface area contributed by atoms with Crippen LogP contribution in [0, 0.1) is 0 Å². The topological polar surface area (TPSA) is 33.7 Å². The van der Waals surface area contributed by atoms with Crippen LogP contribution in [-0.2, 0) is 11.3 Å². The van der Waals surface area contributed by atoms with Gasteiger partial charge in [-0.2, -0.15) is 0 Å². The summed E-state index contributed by atoms with van der Waals surface area (Å²) in [5.74, 6) is 1.04. The largest absolute Gasteiger partial charge is 0.492 e. The minimum Gasteiger partial charge on any atom is -0.492 e. The molecular formula is C17H28N2O2. The number of hydrogen-bond donors (Lipinski definition) is 1. The Hall–Kier alpha value is -1.10. The predicted molar refractivity (Wildman–Crippen MR) is 85.8 cm³/mol. The van der Waals surface area contributed by atoms with Gasteiger partial charge in [-0.05, 0) is 12.5 Å². The average molecular weight is 292 g/mol. The molecule has 1 heterocycles. The lowest BCUT2D eigenvalue weighted by molar-refractivity contribution is 0.132. The Bertz CT molecular complexity index is 398. The summed E-state index contributed by atoms with van der Waals surface area (Å²) in [6.45, 7) is 9.61. The van der Waals surface area contributed by atoms with Gasteiger partial charge in [-0.25, -0.2) is 0 Å². The second-order valence-electron chi connectivity index (χ2n) is 5.45. The van der Waals surface area contributed by atoms with Crippen molar-refractivity contribution in [3.05, 3.63) is 29.8 Å². The van der Waals surface area contributed by atoms with E-state index in [2.05, 4.69) is 35.3 Å². The summed E-state index contributed by atoms with van der Waals surface area (Å²) < 4.78 is 11.3. The summed E-state index contributed by atoms with van der Waals surface area (Å²) in [5, 5.41) is 3.45. The number of para-hydroxylation sites is 1. The number of nitrogens with one attached hydrogen (secondary N) is 1. The number of hydrogen-bond acceptors (Lipinski definition) is 4. The van der Waals surface area contributed by atoms with Gasteiger partial charge < -0.3 is 14.8 Å². The maximum atomic E-state index is 5.78. The van der Waals surface area contributed by atoms with Gasteiger partial charge in [-0.15, -0.1) is 0 Å². The van der Waals surface area contributed by atoms with Gasteiger partial charge in [0, 0.05) is 44.9 Å². The van der Waals surface area contributed by atoms with Gasteiger partial charge in [-0.3, -0.25) is 4.90 Å². The van der Waals surface area contributed by atoms with E-state index in [0.29, 0.717) is 0 Å². The molecule has 0 saturated carbocycles. The van der Waals surface area contributed by atoms with Gasteiger partial charge in [-0.1, -0.05) is 31.5 Å². The number of benzene rings is 1. The minimum absolute atomic E-state index is 0.775. The van der Waals surface area contributed by atoms with Crippen LogP contribution in [0.25, 0.3) is 0 Å². The highest BCUT2D eigenvalue weighted by atomic mass is 16.5. The quantitative estimate of drug-likeness (QED) is 0.708. The first-order valence-corrected chi connectivity index (χ1v) is 8.11. The first-order valence-electron chi connectivity index (χ1n) is 8.11. The summed E-state index contributed by atoms with van der Waals surface area (Å²) in [6, 6.07) is 8.33. The van der Waals surface area contributed by atoms with Gasteiger partial charge >= 0.3 is 0 Å². The molecule has 21 heavy (non-hydrogen) atoms. The normalized spacial score (nSPS) is 15.3. The maximum Gasteiger partial charge on any atom is 0.123 e. The SMILES string of the molecule is CCCCOCCNCCN1CCOc2ccccc2C1. The first-order chi connectivity index (χ1) is 10.4. The van der Waals surface area contributed by atoms with Crippen molar-refractivity contribution in [2.24, 2.45) is 0 Å². The minimum atomic E-state index is 0.775. The molecule has 0 fully saturated rings. The Balaban J connectivity index is 1.59. The van der Waals surface area contributed by atoms with E-state index < -0.39 is 0 Å². The van der Waals surface area contributed by atoms with Gasteiger partial charge in [0.1, 0.15) is 12.4 Å². The lowest BCUT2D eigenvalue weighted by Crippen LogP contribution is -2.34. The van der Waals surface area contributed by atoms with E-state index in [0.717, 1.165) is 64.7 Å². The molecule has 0 atom stereocenters. The standard InChI is InChI=1S/C17H28N2O2/c1-2-3-12-20-13-9-18-8-10-19-11-14-21-17-7-5-4-6-16(17)15-19/h4-7,18H,2-3,8-15H2,1H3. The molecule has 4 nitrogen and oxygen atoms in total. The molecule has 0 unspecified atom stereocenters. The van der Waals surface area contributed by atoms with E-state index in [1.807, 2.05) is 6.07 Å². The average Bonchev–Trinajstić information content (AvgIpc) is 2.71. The third kappa shape index (κ3) is 6.04. The molecule has 2 rings (SSSR count). The smallest absolute Gasteiger partial charge is 0.123 e. The highest BCUT2D eigenvalue weighted by molar-refractivity contribution is 5.33. The molecule has 0 aliphatic carbocycles. The lowest BCUT2D eigenvalue weighted by atomic mass is 10.2. The van der Waals surface area contributed by atoms with Crippen molar-refractivity contribution in [2.75, 3.05) is 46.0 Å². The van der Waals surface area contributed by atoms with E-state index in [4.69, 9.17) is 9.47 Å². The molecule has 1 aliphatic heterocycles. The van der Waals surface area contributed by atoms with Gasteiger partial charge in [0.05, 0.1) is 6.61 Å². The molecule has 118 valence electrons. The molecule has 0 saturated heterocycles. The third-order valence-electron chi connectivity index (χ3n) is 3.70. The van der Waals surface area contributed by atoms with Crippen molar-refractivity contribution in [1.82, 2.24) is 10.2 Å². The first kappa shape index (κ1) is 16.3. The second kappa shape index (κ2) is 9.77. The van der Waals surface area contributed by atoms with Crippen LogP contribution in [0.15, 0.2) is 24.3 Å². The fourth-order valence-corrected chi connectivity index (χ4v) is 2.43. The Morgan fingerprint density at radius 1 is 1.24 bits per heavy atom. The van der Waals surface area contributed by atoms with Crippen LogP contribution in [0.5, 0.6) is 5.75 Å². The molecule has 4 heteroatoms. The molecule has 0 radical (unpaired) electrons. The molecule has 1 N–H and O–H groups in total. The van der Waals surface area contributed by atoms with E-state index in [9.17, 15) is 0 Å². The fraction of sp³-hybridized carbons (Fsp3) is 0.647. The lowest BCUT2D eigenvalue weighted by Gasteiger charge is -2.19. The van der Waals surface area contributed by atoms with Crippen LogP contribution in [-0.4, -0.2) is 50.9 Å². The van der Waals surface area contributed by atoms with Gasteiger partial charge in [0.15, 0.2) is 0 Å². The molecular weight excluding hydrogens is 264 g/mol. The van der Waals surface area contributed by atoms with E-state index >= 15 is 0 Å². The Kier molecular flexibility index (Phi) is 7.57. The highest BCUT2D eigenvalue weighted by Gasteiger charge is 2.13. The van der Waals surface area contributed by atoms with Crippen molar-refractivity contribution in [1.29, 1.82) is 0 Å². The van der Waals surface area contributed by atoms with Crippen LogP contribution in [0.4, 0.5) is 0 Å². The summed E-state index contributed by atoms with van der Waals surface area (Å²) in [6.07, 6.45) is 2.36. The zero-order chi connectivity index (χ0) is 14.8. The van der Waals surface area contributed by atoms with Gasteiger partial charge in [0.25, 0.3) is 0 Å². The van der Waals surface area contributed by atoms with Crippen LogP contribution in [0.3, 0.4) is 0 Å². The second-order valence-corrected chi connectivity index (χ2v) is 5.45. The van der Waals surface area contributed by atoms with E-state index in [-0.39, 0.29) is 0 Å². The summed E-state index contributed by atoms with van der Waals surface area (Å²) >= 11 is 0. The van der Waals surface area contributed by atoms with Crippen molar-refractivity contribution in [3.63, 3.8) is 0 Å². The third-order valence-corrected chi connectivity index (χ3v) is 3.70.